The first-order chi connectivity index (χ1) is 42.4. The number of carbonyl (C=O) groups excluding carboxylic acids is 1. The van der Waals surface area contributed by atoms with Crippen molar-refractivity contribution < 1.29 is 28.1 Å². The summed E-state index contributed by atoms with van der Waals surface area (Å²) in [7, 11) is 4.49. The zero-order valence-electron chi connectivity index (χ0n) is 52.8. The van der Waals surface area contributed by atoms with Crippen LogP contribution in [0.4, 0.5) is 11.4 Å². The predicted molar refractivity (Wildman–Crippen MR) is 367 cm³/mol. The SMILES string of the molecule is CC(=O)C=C(C)O.Cc1ccc(C(c2ccc(C)cc2)c2cc(C)cc(C(c3ccc(C)cc3)c3ccc(C)cc3)c2N2C=CN(c3c(C(c4ccc(C)cc4)c4ccc(C)cc4)cc(C)cc3C(c3ccc(C)cc3)c3ccc(C)cc3)[CH-]2)cc1.[Cl][Pd+]. The zero-order valence-corrected chi connectivity index (χ0v) is 55.2. The van der Waals surface area contributed by atoms with Crippen molar-refractivity contribution in [3.05, 3.63) is 372 Å². The Morgan fingerprint density at radius 3 is 0.648 bits per heavy atom. The normalized spacial score (nSPS) is 12.2. The third-order valence-electron chi connectivity index (χ3n) is 16.7. The number of hydrogen-bond donors (Lipinski definition) is 1. The fourth-order valence-electron chi connectivity index (χ4n) is 12.3. The number of rotatable bonds is 15. The van der Waals surface area contributed by atoms with Crippen LogP contribution in [0.15, 0.2) is 243 Å². The number of allylic oxidation sites excluding steroid dienone is 2. The van der Waals surface area contributed by atoms with Gasteiger partial charge in [0.05, 0.1) is 5.76 Å². The molecule has 0 spiro atoms. The number of aryl methyl sites for hydroxylation is 10. The van der Waals surface area contributed by atoms with Crippen LogP contribution in [-0.2, 0) is 23.0 Å². The first kappa shape index (κ1) is 64.2. The number of halogens is 1. The Morgan fingerprint density at radius 1 is 0.341 bits per heavy atom. The van der Waals surface area contributed by atoms with Crippen LogP contribution in [0.5, 0.6) is 0 Å². The van der Waals surface area contributed by atoms with Crippen molar-refractivity contribution in [1.29, 1.82) is 0 Å². The molecule has 0 saturated carbocycles. The van der Waals surface area contributed by atoms with Crippen molar-refractivity contribution in [3.8, 4) is 0 Å². The fourth-order valence-corrected chi connectivity index (χ4v) is 12.3. The minimum atomic E-state index is -0.125. The van der Waals surface area contributed by atoms with Gasteiger partial charge in [-0.05, 0) is 162 Å². The predicted octanol–water partition coefficient (Wildman–Crippen LogP) is 21.1. The third kappa shape index (κ3) is 15.3. The molecule has 10 aromatic rings. The molecule has 0 fully saturated rings. The summed E-state index contributed by atoms with van der Waals surface area (Å²) in [4.78, 5) is 14.9. The van der Waals surface area contributed by atoms with Gasteiger partial charge in [-0.3, -0.25) is 4.79 Å². The number of hydrogen-bond acceptors (Lipinski definition) is 4. The summed E-state index contributed by atoms with van der Waals surface area (Å²) in [5.74, 6) is -0.367. The van der Waals surface area contributed by atoms with Gasteiger partial charge in [-0.2, -0.15) is 0 Å². The van der Waals surface area contributed by atoms with Gasteiger partial charge in [0.2, 0.25) is 0 Å². The third-order valence-corrected chi connectivity index (χ3v) is 16.7. The average molecular weight is 1270 g/mol. The van der Waals surface area contributed by atoms with Gasteiger partial charge in [0.25, 0.3) is 0 Å². The van der Waals surface area contributed by atoms with Gasteiger partial charge in [-0.15, -0.1) is 6.67 Å². The van der Waals surface area contributed by atoms with Crippen LogP contribution in [-0.4, -0.2) is 10.9 Å². The summed E-state index contributed by atoms with van der Waals surface area (Å²) in [6, 6.07) is 83.7. The number of nitrogens with zero attached hydrogens (tertiary/aromatic N) is 2. The number of aliphatic hydroxyl groups is 1. The quantitative estimate of drug-likeness (QED) is 0.0365. The Balaban J connectivity index is 0.000000958. The van der Waals surface area contributed by atoms with Crippen LogP contribution >= 0.6 is 9.53 Å². The maximum atomic E-state index is 10.0. The van der Waals surface area contributed by atoms with Gasteiger partial charge >= 0.3 is 27.7 Å². The van der Waals surface area contributed by atoms with Gasteiger partial charge < -0.3 is 14.9 Å². The molecule has 0 unspecified atom stereocenters. The van der Waals surface area contributed by atoms with Gasteiger partial charge in [-0.25, -0.2) is 0 Å². The maximum absolute atomic E-state index is 10.0. The average Bonchev–Trinajstić information content (AvgIpc) is 1.47. The van der Waals surface area contributed by atoms with E-state index in [0.717, 1.165) is 0 Å². The number of anilines is 2. The van der Waals surface area contributed by atoms with Crippen molar-refractivity contribution in [2.75, 3.05) is 9.80 Å². The van der Waals surface area contributed by atoms with Gasteiger partial charge in [0.15, 0.2) is 5.78 Å². The Hall–Kier alpha value is -8.30. The summed E-state index contributed by atoms with van der Waals surface area (Å²) < 4.78 is 0. The fraction of sp³-hybridized carbons (Fsp3) is 0.195. The molecule has 0 bridgehead atoms. The Kier molecular flexibility index (Phi) is 21.3. The summed E-state index contributed by atoms with van der Waals surface area (Å²) in [5, 5.41) is 8.36. The molecule has 88 heavy (non-hydrogen) atoms. The van der Waals surface area contributed by atoms with Crippen LogP contribution in [0, 0.1) is 75.9 Å². The second-order valence-electron chi connectivity index (χ2n) is 24.2. The molecule has 1 aliphatic rings. The number of ketones is 1. The molecule has 0 amide bonds. The molecule has 0 aromatic heterocycles. The molecular weight excluding hydrogens is 1190 g/mol. The van der Waals surface area contributed by atoms with E-state index in [0.29, 0.717) is 0 Å². The molecule has 1 aliphatic heterocycles. The van der Waals surface area contributed by atoms with E-state index in [1.807, 2.05) is 0 Å². The number of aliphatic hydroxyl groups excluding tert-OH is 1. The topological polar surface area (TPSA) is 43.8 Å². The van der Waals surface area contributed by atoms with Crippen molar-refractivity contribution in [3.63, 3.8) is 0 Å². The summed E-state index contributed by atoms with van der Waals surface area (Å²) in [5.41, 5.74) is 29.9. The molecule has 10 aromatic carbocycles. The van der Waals surface area contributed by atoms with Crippen LogP contribution in [0.2, 0.25) is 0 Å². The molecule has 1 N–H and O–H groups in total. The Labute approximate surface area is 539 Å². The molecule has 11 rings (SSSR count). The van der Waals surface area contributed by atoms with E-state index in [-0.39, 0.29) is 35.2 Å². The zero-order chi connectivity index (χ0) is 62.8. The van der Waals surface area contributed by atoms with E-state index < -0.39 is 0 Å². The molecule has 0 aliphatic carbocycles. The summed E-state index contributed by atoms with van der Waals surface area (Å²) in [6.45, 7) is 27.3. The first-order valence-corrected chi connectivity index (χ1v) is 32.3. The Morgan fingerprint density at radius 2 is 0.511 bits per heavy atom. The van der Waals surface area contributed by atoms with Crippen molar-refractivity contribution in [1.82, 2.24) is 0 Å². The van der Waals surface area contributed by atoms with Crippen molar-refractivity contribution in [2.24, 2.45) is 0 Å². The van der Waals surface area contributed by atoms with E-state index in [4.69, 9.17) is 5.11 Å². The second-order valence-corrected chi connectivity index (χ2v) is 24.2. The second kappa shape index (κ2) is 29.1. The van der Waals surface area contributed by atoms with E-state index in [1.165, 1.54) is 154 Å². The number of benzene rings is 10. The number of carbonyl (C=O) groups is 1. The van der Waals surface area contributed by atoms with Crippen LogP contribution < -0.4 is 9.80 Å². The standard InChI is InChI=1S/C77H73N2.C5H8O2.ClH.Pd/c1-50-11-27-60(28-12-50)72(61-29-13-51(2)14-30-61)68-45-58(9)46-69(73(62-31-15-52(3)16-32-62)63-33-17-53(4)18-34-63)76(68)78-43-44-79(49-78)77-70(74(64-35-19-54(5)20-36-64)65-37-21-55(6)22-38-65)47-59(10)48-71(77)75(66-39-23-56(7)24-40-66)67-41-25-57(8)26-42-67;1-4(6)3-5(2)7;;/h11-49,72-75H,1-10H3;3,6H,1-2H3;1H;/q-1;;;+2/p-1. The van der Waals surface area contributed by atoms with Crippen molar-refractivity contribution >= 4 is 26.7 Å². The van der Waals surface area contributed by atoms with Gasteiger partial charge in [0, 0.05) is 41.1 Å². The van der Waals surface area contributed by atoms with E-state index in [2.05, 4.69) is 344 Å². The molecule has 0 radical (unpaired) electrons. The van der Waals surface area contributed by atoms with Crippen LogP contribution in [0.25, 0.3) is 0 Å². The van der Waals surface area contributed by atoms with E-state index >= 15 is 0 Å². The molecule has 448 valence electrons. The molecule has 4 nitrogen and oxygen atoms in total. The van der Waals surface area contributed by atoms with E-state index in [9.17, 15) is 4.79 Å². The molecule has 0 atom stereocenters. The summed E-state index contributed by atoms with van der Waals surface area (Å²) in [6.07, 6.45) is 5.82. The molecule has 1 heterocycles. The Bertz CT molecular complexity index is 3370. The van der Waals surface area contributed by atoms with Crippen LogP contribution in [0.3, 0.4) is 0 Å². The van der Waals surface area contributed by atoms with E-state index in [1.54, 1.807) is 0 Å². The minimum absolute atomic E-state index is 0.0625. The molecular formula is C82H81ClN2O2Pd. The first-order valence-electron chi connectivity index (χ1n) is 30.3. The van der Waals surface area contributed by atoms with Gasteiger partial charge in [-0.1, -0.05) is 274 Å². The molecule has 6 heteroatoms. The van der Waals surface area contributed by atoms with Crippen molar-refractivity contribution in [2.45, 2.75) is 107 Å². The monoisotopic (exact) mass is 1270 g/mol. The van der Waals surface area contributed by atoms with Gasteiger partial charge in [0.1, 0.15) is 0 Å². The van der Waals surface area contributed by atoms with Crippen LogP contribution in [0.1, 0.15) is 160 Å². The summed E-state index contributed by atoms with van der Waals surface area (Å²) >= 11 is 2.22. The molecule has 0 saturated heterocycles.